The SMILES string of the molecule is CCSCOC(=O)CN. The van der Waals surface area contributed by atoms with E-state index in [0.717, 1.165) is 5.75 Å². The lowest BCUT2D eigenvalue weighted by atomic mass is 10.7. The molecule has 2 N–H and O–H groups in total. The third-order valence-electron chi connectivity index (χ3n) is 0.674. The van der Waals surface area contributed by atoms with Crippen LogP contribution in [0.15, 0.2) is 0 Å². The first-order chi connectivity index (χ1) is 4.31. The highest BCUT2D eigenvalue weighted by atomic mass is 32.2. The maximum Gasteiger partial charge on any atom is 0.320 e. The molecule has 3 nitrogen and oxygen atoms in total. The summed E-state index contributed by atoms with van der Waals surface area (Å²) in [7, 11) is 0. The van der Waals surface area contributed by atoms with E-state index in [1.54, 1.807) is 11.8 Å². The van der Waals surface area contributed by atoms with Gasteiger partial charge in [0.1, 0.15) is 5.94 Å². The Bertz CT molecular complexity index is 87.0. The number of thioether (sulfide) groups is 1. The Morgan fingerprint density at radius 3 is 2.89 bits per heavy atom. The third kappa shape index (κ3) is 5.65. The van der Waals surface area contributed by atoms with Crippen molar-refractivity contribution in [3.05, 3.63) is 0 Å². The highest BCUT2D eigenvalue weighted by Crippen LogP contribution is 1.97. The quantitative estimate of drug-likeness (QED) is 0.352. The summed E-state index contributed by atoms with van der Waals surface area (Å²) >= 11 is 1.55. The zero-order valence-electron chi connectivity index (χ0n) is 5.42. The van der Waals surface area contributed by atoms with Crippen LogP contribution in [-0.2, 0) is 9.53 Å². The Kier molecular flexibility index (Phi) is 5.76. The summed E-state index contributed by atoms with van der Waals surface area (Å²) in [4.78, 5) is 10.3. The van der Waals surface area contributed by atoms with Gasteiger partial charge in [-0.3, -0.25) is 4.79 Å². The van der Waals surface area contributed by atoms with Crippen LogP contribution in [0.4, 0.5) is 0 Å². The molecule has 0 aromatic heterocycles. The Hall–Kier alpha value is -0.220. The van der Waals surface area contributed by atoms with Crippen LogP contribution >= 0.6 is 11.8 Å². The minimum absolute atomic E-state index is 0.0235. The van der Waals surface area contributed by atoms with Crippen molar-refractivity contribution in [3.8, 4) is 0 Å². The van der Waals surface area contributed by atoms with Gasteiger partial charge in [-0.25, -0.2) is 0 Å². The first-order valence-electron chi connectivity index (χ1n) is 2.74. The van der Waals surface area contributed by atoms with Crippen molar-refractivity contribution >= 4 is 17.7 Å². The molecule has 9 heavy (non-hydrogen) atoms. The van der Waals surface area contributed by atoms with Crippen LogP contribution in [0.1, 0.15) is 6.92 Å². The van der Waals surface area contributed by atoms with Crippen molar-refractivity contribution < 1.29 is 9.53 Å². The van der Waals surface area contributed by atoms with Crippen molar-refractivity contribution in [1.82, 2.24) is 0 Å². The molecular weight excluding hydrogens is 138 g/mol. The van der Waals surface area contributed by atoms with Gasteiger partial charge in [0.25, 0.3) is 0 Å². The Labute approximate surface area is 58.9 Å². The van der Waals surface area contributed by atoms with E-state index in [9.17, 15) is 4.79 Å². The average Bonchev–Trinajstić information content (AvgIpc) is 1.89. The molecule has 0 aliphatic carbocycles. The lowest BCUT2D eigenvalue weighted by molar-refractivity contribution is -0.139. The summed E-state index contributed by atoms with van der Waals surface area (Å²) in [6.45, 7) is 1.98. The topological polar surface area (TPSA) is 52.3 Å². The van der Waals surface area contributed by atoms with E-state index < -0.39 is 0 Å². The first-order valence-corrected chi connectivity index (χ1v) is 3.90. The number of carbonyl (C=O) groups is 1. The molecular formula is C5H11NO2S. The molecule has 0 saturated heterocycles. The van der Waals surface area contributed by atoms with Crippen molar-refractivity contribution in [2.75, 3.05) is 18.2 Å². The van der Waals surface area contributed by atoms with Crippen molar-refractivity contribution in [3.63, 3.8) is 0 Å². The van der Waals surface area contributed by atoms with Gasteiger partial charge >= 0.3 is 5.97 Å². The summed E-state index contributed by atoms with van der Waals surface area (Å²) in [6.07, 6.45) is 0. The molecule has 0 aliphatic rings. The first kappa shape index (κ1) is 8.78. The zero-order valence-corrected chi connectivity index (χ0v) is 6.24. The molecule has 0 heterocycles. The molecule has 0 fully saturated rings. The van der Waals surface area contributed by atoms with Gasteiger partial charge in [-0.1, -0.05) is 6.92 Å². The van der Waals surface area contributed by atoms with Crippen molar-refractivity contribution in [1.29, 1.82) is 0 Å². The second-order valence-electron chi connectivity index (χ2n) is 1.33. The number of ether oxygens (including phenoxy) is 1. The van der Waals surface area contributed by atoms with E-state index in [4.69, 9.17) is 5.73 Å². The number of carbonyl (C=O) groups excluding carboxylic acids is 1. The molecule has 0 rings (SSSR count). The van der Waals surface area contributed by atoms with E-state index in [0.29, 0.717) is 5.94 Å². The second kappa shape index (κ2) is 5.91. The molecule has 0 saturated carbocycles. The monoisotopic (exact) mass is 149 g/mol. The lowest BCUT2D eigenvalue weighted by Crippen LogP contribution is -2.16. The fourth-order valence-electron chi connectivity index (χ4n) is 0.250. The average molecular weight is 149 g/mol. The number of esters is 1. The van der Waals surface area contributed by atoms with Gasteiger partial charge in [0, 0.05) is 0 Å². The summed E-state index contributed by atoms with van der Waals surface area (Å²) in [6, 6.07) is 0. The number of hydrogen-bond donors (Lipinski definition) is 1. The smallest absolute Gasteiger partial charge is 0.320 e. The standard InChI is InChI=1S/C5H11NO2S/c1-2-9-4-8-5(7)3-6/h2-4,6H2,1H3. The van der Waals surface area contributed by atoms with Gasteiger partial charge in [0.15, 0.2) is 0 Å². The Morgan fingerprint density at radius 2 is 2.44 bits per heavy atom. The van der Waals surface area contributed by atoms with Gasteiger partial charge < -0.3 is 10.5 Å². The van der Waals surface area contributed by atoms with E-state index in [-0.39, 0.29) is 12.5 Å². The third-order valence-corrected chi connectivity index (χ3v) is 1.37. The number of nitrogens with two attached hydrogens (primary N) is 1. The number of hydrogen-bond acceptors (Lipinski definition) is 4. The van der Waals surface area contributed by atoms with E-state index in [2.05, 4.69) is 4.74 Å². The summed E-state index contributed by atoms with van der Waals surface area (Å²) in [5, 5.41) is 0. The van der Waals surface area contributed by atoms with Gasteiger partial charge in [-0.2, -0.15) is 0 Å². The fraction of sp³-hybridized carbons (Fsp3) is 0.800. The van der Waals surface area contributed by atoms with Crippen LogP contribution in [0.3, 0.4) is 0 Å². The highest BCUT2D eigenvalue weighted by molar-refractivity contribution is 7.99. The lowest BCUT2D eigenvalue weighted by Gasteiger charge is -1.98. The molecule has 0 bridgehead atoms. The van der Waals surface area contributed by atoms with E-state index in [1.165, 1.54) is 0 Å². The molecule has 0 aliphatic heterocycles. The van der Waals surface area contributed by atoms with E-state index in [1.807, 2.05) is 6.92 Å². The summed E-state index contributed by atoms with van der Waals surface area (Å²) in [5.41, 5.74) is 4.97. The highest BCUT2D eigenvalue weighted by Gasteiger charge is 1.95. The van der Waals surface area contributed by atoms with Gasteiger partial charge in [-0.15, -0.1) is 11.8 Å². The molecule has 54 valence electrons. The molecule has 0 spiro atoms. The normalized spacial score (nSPS) is 9.11. The van der Waals surface area contributed by atoms with Gasteiger partial charge in [-0.05, 0) is 5.75 Å². The van der Waals surface area contributed by atoms with Crippen LogP contribution < -0.4 is 5.73 Å². The number of rotatable bonds is 4. The van der Waals surface area contributed by atoms with Crippen LogP contribution in [0.25, 0.3) is 0 Å². The van der Waals surface area contributed by atoms with Gasteiger partial charge in [0.05, 0.1) is 6.54 Å². The largest absolute Gasteiger partial charge is 0.454 e. The van der Waals surface area contributed by atoms with Crippen molar-refractivity contribution in [2.45, 2.75) is 6.92 Å². The predicted molar refractivity (Wildman–Crippen MR) is 38.1 cm³/mol. The molecule has 0 aromatic rings. The Morgan fingerprint density at radius 1 is 1.78 bits per heavy atom. The van der Waals surface area contributed by atoms with Crippen molar-refractivity contribution in [2.24, 2.45) is 5.73 Å². The molecule has 0 unspecified atom stereocenters. The maximum absolute atomic E-state index is 10.3. The van der Waals surface area contributed by atoms with Crippen LogP contribution in [0.2, 0.25) is 0 Å². The van der Waals surface area contributed by atoms with Crippen LogP contribution in [0.5, 0.6) is 0 Å². The van der Waals surface area contributed by atoms with Gasteiger partial charge in [0.2, 0.25) is 0 Å². The summed E-state index contributed by atoms with van der Waals surface area (Å²) in [5.74, 6) is 1.04. The second-order valence-corrected chi connectivity index (χ2v) is 2.55. The Balaban J connectivity index is 2.97. The predicted octanol–water partition coefficient (Wildman–Crippen LogP) is 0.199. The van der Waals surface area contributed by atoms with Crippen LogP contribution in [-0.4, -0.2) is 24.2 Å². The minimum atomic E-state index is -0.337. The molecule has 0 radical (unpaired) electrons. The minimum Gasteiger partial charge on any atom is -0.454 e. The molecule has 4 heteroatoms. The summed E-state index contributed by atoms with van der Waals surface area (Å²) < 4.78 is 4.63. The zero-order chi connectivity index (χ0) is 7.11. The molecule has 0 amide bonds. The van der Waals surface area contributed by atoms with Crippen LogP contribution in [0, 0.1) is 0 Å². The maximum atomic E-state index is 10.3. The molecule has 0 aromatic carbocycles. The molecule has 0 atom stereocenters. The fourth-order valence-corrected chi connectivity index (χ4v) is 0.631. The van der Waals surface area contributed by atoms with E-state index >= 15 is 0 Å².